The molecule has 1 aliphatic carbocycles. The first kappa shape index (κ1) is 13.3. The Morgan fingerprint density at radius 3 is 2.56 bits per heavy atom. The molecule has 0 aromatic carbocycles. The predicted octanol–water partition coefficient (Wildman–Crippen LogP) is 3.26. The monoisotopic (exact) mass is 247 g/mol. The van der Waals surface area contributed by atoms with E-state index in [4.69, 9.17) is 5.73 Å². The molecule has 100 valence electrons. The molecule has 1 heterocycles. The van der Waals surface area contributed by atoms with Gasteiger partial charge in [-0.2, -0.15) is 0 Å². The second kappa shape index (κ2) is 6.19. The summed E-state index contributed by atoms with van der Waals surface area (Å²) in [7, 11) is 0. The number of rotatable bonds is 4. The van der Waals surface area contributed by atoms with Crippen molar-refractivity contribution in [1.29, 1.82) is 0 Å². The lowest BCUT2D eigenvalue weighted by molar-refractivity contribution is 0.418. The topological polar surface area (TPSA) is 42.1 Å². The summed E-state index contributed by atoms with van der Waals surface area (Å²) in [5.41, 5.74) is 8.05. The van der Waals surface area contributed by atoms with Crippen molar-refractivity contribution >= 4 is 5.69 Å². The zero-order valence-corrected chi connectivity index (χ0v) is 11.6. The summed E-state index contributed by atoms with van der Waals surface area (Å²) in [5.74, 6) is 0. The van der Waals surface area contributed by atoms with Crippen LogP contribution in [0.4, 0.5) is 5.69 Å². The van der Waals surface area contributed by atoms with Crippen LogP contribution in [0.2, 0.25) is 0 Å². The zero-order chi connectivity index (χ0) is 13.0. The van der Waals surface area contributed by atoms with Crippen molar-refractivity contribution in [2.24, 2.45) is 5.73 Å². The average molecular weight is 247 g/mol. The van der Waals surface area contributed by atoms with Crippen molar-refractivity contribution < 1.29 is 0 Å². The van der Waals surface area contributed by atoms with Gasteiger partial charge < -0.3 is 10.6 Å². The van der Waals surface area contributed by atoms with Crippen molar-refractivity contribution in [3.63, 3.8) is 0 Å². The molecule has 18 heavy (non-hydrogen) atoms. The van der Waals surface area contributed by atoms with Crippen molar-refractivity contribution in [2.75, 3.05) is 11.4 Å². The molecule has 1 fully saturated rings. The highest BCUT2D eigenvalue weighted by molar-refractivity contribution is 5.46. The Morgan fingerprint density at radius 1 is 1.33 bits per heavy atom. The summed E-state index contributed by atoms with van der Waals surface area (Å²) in [4.78, 5) is 6.97. The van der Waals surface area contributed by atoms with E-state index in [1.807, 2.05) is 13.1 Å². The van der Waals surface area contributed by atoms with Crippen LogP contribution in [0.3, 0.4) is 0 Å². The third-order valence-corrected chi connectivity index (χ3v) is 3.93. The number of hydrogen-bond donors (Lipinski definition) is 1. The molecule has 1 aliphatic rings. The van der Waals surface area contributed by atoms with Crippen molar-refractivity contribution in [3.05, 3.63) is 24.0 Å². The van der Waals surface area contributed by atoms with E-state index in [9.17, 15) is 0 Å². The number of anilines is 1. The minimum absolute atomic E-state index is 0.0174. The quantitative estimate of drug-likeness (QED) is 0.888. The standard InChI is InChI=1S/C15H25N3/c1-3-18(13-7-5-4-6-8-13)14-9-10-15(12(2)16)17-11-14/h9-13H,3-8,16H2,1-2H3. The molecule has 0 aliphatic heterocycles. The molecule has 3 heteroatoms. The predicted molar refractivity (Wildman–Crippen MR) is 76.7 cm³/mol. The summed E-state index contributed by atoms with van der Waals surface area (Å²) >= 11 is 0. The highest BCUT2D eigenvalue weighted by Crippen LogP contribution is 2.27. The molecular weight excluding hydrogens is 222 g/mol. The van der Waals surface area contributed by atoms with Crippen LogP contribution in [-0.2, 0) is 0 Å². The number of aromatic nitrogens is 1. The van der Waals surface area contributed by atoms with Gasteiger partial charge in [0, 0.05) is 18.6 Å². The SMILES string of the molecule is CCN(c1ccc(C(C)N)nc1)C1CCCCC1. The van der Waals surface area contributed by atoms with E-state index in [0.29, 0.717) is 6.04 Å². The second-order valence-electron chi connectivity index (χ2n) is 5.31. The molecule has 0 bridgehead atoms. The molecule has 0 amide bonds. The normalized spacial score (nSPS) is 18.6. The fourth-order valence-corrected chi connectivity index (χ4v) is 2.88. The molecule has 1 aromatic rings. The Balaban J connectivity index is 2.11. The first-order chi connectivity index (χ1) is 8.72. The van der Waals surface area contributed by atoms with Crippen molar-refractivity contribution in [3.8, 4) is 0 Å². The molecular formula is C15H25N3. The number of hydrogen-bond acceptors (Lipinski definition) is 3. The van der Waals surface area contributed by atoms with E-state index in [1.54, 1.807) is 0 Å². The smallest absolute Gasteiger partial charge is 0.0569 e. The van der Waals surface area contributed by atoms with Gasteiger partial charge in [-0.25, -0.2) is 0 Å². The number of nitrogens with two attached hydrogens (primary N) is 1. The van der Waals surface area contributed by atoms with E-state index >= 15 is 0 Å². The molecule has 2 N–H and O–H groups in total. The Kier molecular flexibility index (Phi) is 4.59. The summed E-state index contributed by atoms with van der Waals surface area (Å²) in [6.07, 6.45) is 8.76. The number of nitrogens with zero attached hydrogens (tertiary/aromatic N) is 2. The van der Waals surface area contributed by atoms with Crippen LogP contribution in [0.25, 0.3) is 0 Å². The van der Waals surface area contributed by atoms with Gasteiger partial charge >= 0.3 is 0 Å². The highest BCUT2D eigenvalue weighted by Gasteiger charge is 2.20. The minimum atomic E-state index is 0.0174. The van der Waals surface area contributed by atoms with E-state index in [0.717, 1.165) is 12.2 Å². The van der Waals surface area contributed by atoms with Crippen LogP contribution in [0.15, 0.2) is 18.3 Å². The first-order valence-corrected chi connectivity index (χ1v) is 7.20. The van der Waals surface area contributed by atoms with Gasteiger partial charge in [-0.3, -0.25) is 4.98 Å². The lowest BCUT2D eigenvalue weighted by Gasteiger charge is -2.35. The Hall–Kier alpha value is -1.09. The Morgan fingerprint density at radius 2 is 2.06 bits per heavy atom. The summed E-state index contributed by atoms with van der Waals surface area (Å²) < 4.78 is 0. The maximum absolute atomic E-state index is 5.84. The molecule has 1 aromatic heterocycles. The van der Waals surface area contributed by atoms with Crippen LogP contribution in [0.1, 0.15) is 57.7 Å². The third kappa shape index (κ3) is 3.02. The molecule has 0 spiro atoms. The van der Waals surface area contributed by atoms with Crippen LogP contribution >= 0.6 is 0 Å². The van der Waals surface area contributed by atoms with Gasteiger partial charge in [0.15, 0.2) is 0 Å². The first-order valence-electron chi connectivity index (χ1n) is 7.20. The van der Waals surface area contributed by atoms with Gasteiger partial charge in [0.1, 0.15) is 0 Å². The fraction of sp³-hybridized carbons (Fsp3) is 0.667. The fourth-order valence-electron chi connectivity index (χ4n) is 2.88. The van der Waals surface area contributed by atoms with Crippen LogP contribution in [0, 0.1) is 0 Å². The van der Waals surface area contributed by atoms with Crippen molar-refractivity contribution in [1.82, 2.24) is 4.98 Å². The van der Waals surface area contributed by atoms with Gasteiger partial charge in [0.2, 0.25) is 0 Å². The molecule has 0 saturated heterocycles. The maximum atomic E-state index is 5.84. The van der Waals surface area contributed by atoms with Crippen LogP contribution in [-0.4, -0.2) is 17.6 Å². The van der Waals surface area contributed by atoms with Crippen LogP contribution in [0.5, 0.6) is 0 Å². The Labute approximate surface area is 110 Å². The summed E-state index contributed by atoms with van der Waals surface area (Å²) in [6, 6.07) is 4.95. The van der Waals surface area contributed by atoms with Crippen molar-refractivity contribution in [2.45, 2.75) is 58.0 Å². The zero-order valence-electron chi connectivity index (χ0n) is 11.6. The van der Waals surface area contributed by atoms with Crippen LogP contribution < -0.4 is 10.6 Å². The average Bonchev–Trinajstić information content (AvgIpc) is 2.41. The molecule has 1 saturated carbocycles. The molecule has 0 radical (unpaired) electrons. The van der Waals surface area contributed by atoms with E-state index in [2.05, 4.69) is 28.9 Å². The van der Waals surface area contributed by atoms with E-state index < -0.39 is 0 Å². The Bertz CT molecular complexity index is 353. The maximum Gasteiger partial charge on any atom is 0.0569 e. The molecule has 2 rings (SSSR count). The lowest BCUT2D eigenvalue weighted by atomic mass is 9.94. The van der Waals surface area contributed by atoms with E-state index in [1.165, 1.54) is 37.8 Å². The largest absolute Gasteiger partial charge is 0.368 e. The molecule has 3 nitrogen and oxygen atoms in total. The van der Waals surface area contributed by atoms with E-state index in [-0.39, 0.29) is 6.04 Å². The summed E-state index contributed by atoms with van der Waals surface area (Å²) in [6.45, 7) is 5.26. The lowest BCUT2D eigenvalue weighted by Crippen LogP contribution is -2.36. The third-order valence-electron chi connectivity index (χ3n) is 3.93. The number of pyridine rings is 1. The summed E-state index contributed by atoms with van der Waals surface area (Å²) in [5, 5.41) is 0. The van der Waals surface area contributed by atoms with Gasteiger partial charge in [0.05, 0.1) is 17.6 Å². The molecule has 1 atom stereocenters. The van der Waals surface area contributed by atoms with Gasteiger partial charge in [-0.1, -0.05) is 19.3 Å². The minimum Gasteiger partial charge on any atom is -0.368 e. The van der Waals surface area contributed by atoms with Gasteiger partial charge in [0.25, 0.3) is 0 Å². The second-order valence-corrected chi connectivity index (χ2v) is 5.31. The highest BCUT2D eigenvalue weighted by atomic mass is 15.2. The molecule has 1 unspecified atom stereocenters. The van der Waals surface area contributed by atoms with Gasteiger partial charge in [-0.05, 0) is 38.8 Å². The van der Waals surface area contributed by atoms with Gasteiger partial charge in [-0.15, -0.1) is 0 Å².